The van der Waals surface area contributed by atoms with E-state index in [1.807, 2.05) is 0 Å². The zero-order valence-electron chi connectivity index (χ0n) is 11.0. The maximum absolute atomic E-state index is 11.9. The molecule has 1 aromatic heterocycles. The number of halogens is 3. The SMILES string of the molecule is CS(=O)(=O)CCC(=O)Nc1ccc(OCC(F)(F)F)nc1. The van der Waals surface area contributed by atoms with Crippen LogP contribution in [0.15, 0.2) is 18.3 Å². The zero-order valence-corrected chi connectivity index (χ0v) is 11.8. The Hall–Kier alpha value is -1.84. The molecule has 0 unspecified atom stereocenters. The van der Waals surface area contributed by atoms with Gasteiger partial charge in [0, 0.05) is 18.7 Å². The van der Waals surface area contributed by atoms with Crippen LogP contribution in [-0.4, -0.2) is 44.1 Å². The van der Waals surface area contributed by atoms with Crippen LogP contribution in [0, 0.1) is 0 Å². The third-order valence-corrected chi connectivity index (χ3v) is 3.05. The van der Waals surface area contributed by atoms with Gasteiger partial charge in [-0.3, -0.25) is 4.79 Å². The van der Waals surface area contributed by atoms with E-state index in [0.29, 0.717) is 0 Å². The Labute approximate surface area is 119 Å². The highest BCUT2D eigenvalue weighted by Gasteiger charge is 2.28. The van der Waals surface area contributed by atoms with Crippen molar-refractivity contribution in [3.05, 3.63) is 18.3 Å². The predicted octanol–water partition coefficient (Wildman–Crippen LogP) is 1.40. The van der Waals surface area contributed by atoms with Gasteiger partial charge < -0.3 is 10.1 Å². The molecule has 0 spiro atoms. The first-order valence-corrected chi connectivity index (χ1v) is 7.74. The highest BCUT2D eigenvalue weighted by molar-refractivity contribution is 7.90. The van der Waals surface area contributed by atoms with Crippen LogP contribution in [0.3, 0.4) is 0 Å². The van der Waals surface area contributed by atoms with Crippen molar-refractivity contribution in [1.29, 1.82) is 0 Å². The molecule has 0 aliphatic heterocycles. The molecular weight excluding hydrogens is 313 g/mol. The molecule has 118 valence electrons. The van der Waals surface area contributed by atoms with Crippen LogP contribution in [0.5, 0.6) is 5.88 Å². The number of nitrogens with zero attached hydrogens (tertiary/aromatic N) is 1. The first-order chi connectivity index (χ1) is 9.55. The monoisotopic (exact) mass is 326 g/mol. The Morgan fingerprint density at radius 1 is 1.38 bits per heavy atom. The average Bonchev–Trinajstić information content (AvgIpc) is 2.34. The number of ether oxygens (including phenoxy) is 1. The molecule has 0 fully saturated rings. The van der Waals surface area contributed by atoms with Crippen molar-refractivity contribution in [3.8, 4) is 5.88 Å². The van der Waals surface area contributed by atoms with Crippen LogP contribution in [0.1, 0.15) is 6.42 Å². The largest absolute Gasteiger partial charge is 0.468 e. The Morgan fingerprint density at radius 3 is 2.52 bits per heavy atom. The van der Waals surface area contributed by atoms with E-state index in [9.17, 15) is 26.4 Å². The van der Waals surface area contributed by atoms with E-state index in [1.54, 1.807) is 0 Å². The summed E-state index contributed by atoms with van der Waals surface area (Å²) in [5, 5.41) is 2.37. The lowest BCUT2D eigenvalue weighted by Crippen LogP contribution is -2.19. The summed E-state index contributed by atoms with van der Waals surface area (Å²) in [6.45, 7) is -1.46. The summed E-state index contributed by atoms with van der Waals surface area (Å²) in [4.78, 5) is 15.0. The smallest absolute Gasteiger partial charge is 0.422 e. The van der Waals surface area contributed by atoms with Gasteiger partial charge in [0.15, 0.2) is 6.61 Å². The minimum Gasteiger partial charge on any atom is -0.468 e. The van der Waals surface area contributed by atoms with Crippen molar-refractivity contribution in [2.75, 3.05) is 23.9 Å². The molecule has 21 heavy (non-hydrogen) atoms. The minimum atomic E-state index is -4.46. The molecule has 0 aliphatic rings. The van der Waals surface area contributed by atoms with Gasteiger partial charge in [0.1, 0.15) is 9.84 Å². The van der Waals surface area contributed by atoms with Gasteiger partial charge in [-0.2, -0.15) is 13.2 Å². The van der Waals surface area contributed by atoms with Crippen molar-refractivity contribution >= 4 is 21.4 Å². The molecule has 1 aromatic rings. The van der Waals surface area contributed by atoms with Gasteiger partial charge in [-0.25, -0.2) is 13.4 Å². The number of amides is 1. The summed E-state index contributed by atoms with van der Waals surface area (Å²) in [6.07, 6.45) is -2.55. The van der Waals surface area contributed by atoms with Crippen molar-refractivity contribution < 1.29 is 31.1 Å². The number of sulfone groups is 1. The van der Waals surface area contributed by atoms with Gasteiger partial charge in [0.25, 0.3) is 0 Å². The van der Waals surface area contributed by atoms with Crippen LogP contribution in [0.2, 0.25) is 0 Å². The maximum Gasteiger partial charge on any atom is 0.422 e. The summed E-state index contributed by atoms with van der Waals surface area (Å²) >= 11 is 0. The van der Waals surface area contributed by atoms with Crippen molar-refractivity contribution in [2.45, 2.75) is 12.6 Å². The quantitative estimate of drug-likeness (QED) is 0.854. The fraction of sp³-hybridized carbons (Fsp3) is 0.455. The van der Waals surface area contributed by atoms with E-state index in [0.717, 1.165) is 18.5 Å². The number of hydrogen-bond acceptors (Lipinski definition) is 5. The van der Waals surface area contributed by atoms with Gasteiger partial charge in [-0.15, -0.1) is 0 Å². The van der Waals surface area contributed by atoms with E-state index in [1.165, 1.54) is 6.07 Å². The van der Waals surface area contributed by atoms with Crippen molar-refractivity contribution in [2.24, 2.45) is 0 Å². The first-order valence-electron chi connectivity index (χ1n) is 5.68. The highest BCUT2D eigenvalue weighted by Crippen LogP contribution is 2.18. The van der Waals surface area contributed by atoms with E-state index in [2.05, 4.69) is 15.0 Å². The zero-order chi connectivity index (χ0) is 16.1. The first kappa shape index (κ1) is 17.2. The normalized spacial score (nSPS) is 12.0. The molecule has 0 atom stereocenters. The molecule has 6 nitrogen and oxygen atoms in total. The lowest BCUT2D eigenvalue weighted by atomic mass is 10.4. The predicted molar refractivity (Wildman–Crippen MR) is 68.7 cm³/mol. The van der Waals surface area contributed by atoms with E-state index in [4.69, 9.17) is 0 Å². The number of hydrogen-bond donors (Lipinski definition) is 1. The molecular formula is C11H13F3N2O4S. The van der Waals surface area contributed by atoms with Crippen LogP contribution >= 0.6 is 0 Å². The number of carbonyl (C=O) groups excluding carboxylic acids is 1. The number of alkyl halides is 3. The summed E-state index contributed by atoms with van der Waals surface area (Å²) < 4.78 is 61.9. The van der Waals surface area contributed by atoms with Gasteiger partial charge in [0.2, 0.25) is 11.8 Å². The molecule has 1 heterocycles. The fourth-order valence-corrected chi connectivity index (χ4v) is 1.75. The Kier molecular flexibility index (Phi) is 5.53. The molecule has 0 aromatic carbocycles. The van der Waals surface area contributed by atoms with Crippen molar-refractivity contribution in [3.63, 3.8) is 0 Å². The number of rotatable bonds is 6. The molecule has 10 heteroatoms. The molecule has 1 amide bonds. The standard InChI is InChI=1S/C11H13F3N2O4S/c1-21(18,19)5-4-9(17)16-8-2-3-10(15-6-8)20-7-11(12,13)14/h2-3,6H,4-5,7H2,1H3,(H,16,17). The van der Waals surface area contributed by atoms with E-state index in [-0.39, 0.29) is 23.7 Å². The Balaban J connectivity index is 2.49. The number of carbonyl (C=O) groups is 1. The Bertz CT molecular complexity index is 584. The van der Waals surface area contributed by atoms with Gasteiger partial charge in [-0.05, 0) is 6.07 Å². The molecule has 1 rings (SSSR count). The maximum atomic E-state index is 11.9. The molecule has 0 saturated carbocycles. The molecule has 0 radical (unpaired) electrons. The Morgan fingerprint density at radius 2 is 2.05 bits per heavy atom. The van der Waals surface area contributed by atoms with Gasteiger partial charge in [0.05, 0.1) is 17.6 Å². The lowest BCUT2D eigenvalue weighted by Gasteiger charge is -2.09. The number of nitrogens with one attached hydrogen (secondary N) is 1. The average molecular weight is 326 g/mol. The van der Waals surface area contributed by atoms with Crippen LogP contribution in [0.25, 0.3) is 0 Å². The lowest BCUT2D eigenvalue weighted by molar-refractivity contribution is -0.154. The summed E-state index contributed by atoms with van der Waals surface area (Å²) in [5.74, 6) is -1.06. The van der Waals surface area contributed by atoms with Crippen LogP contribution in [-0.2, 0) is 14.6 Å². The molecule has 0 aliphatic carbocycles. The summed E-state index contributed by atoms with van der Waals surface area (Å²) in [6, 6.07) is 2.47. The molecule has 0 bridgehead atoms. The number of pyridine rings is 1. The van der Waals surface area contributed by atoms with Gasteiger partial charge in [-0.1, -0.05) is 0 Å². The third-order valence-electron chi connectivity index (χ3n) is 2.10. The fourth-order valence-electron chi connectivity index (χ4n) is 1.20. The molecule has 0 saturated heterocycles. The summed E-state index contributed by atoms with van der Waals surface area (Å²) in [5.41, 5.74) is 0.229. The summed E-state index contributed by atoms with van der Waals surface area (Å²) in [7, 11) is -3.24. The number of anilines is 1. The van der Waals surface area contributed by atoms with E-state index >= 15 is 0 Å². The molecule has 1 N–H and O–H groups in total. The third kappa shape index (κ3) is 8.12. The second-order valence-electron chi connectivity index (χ2n) is 4.22. The van der Waals surface area contributed by atoms with Crippen molar-refractivity contribution in [1.82, 2.24) is 4.98 Å². The van der Waals surface area contributed by atoms with Gasteiger partial charge >= 0.3 is 6.18 Å². The van der Waals surface area contributed by atoms with Crippen LogP contribution in [0.4, 0.5) is 18.9 Å². The second kappa shape index (κ2) is 6.74. The minimum absolute atomic E-state index is 0.217. The van der Waals surface area contributed by atoms with Crippen LogP contribution < -0.4 is 10.1 Å². The second-order valence-corrected chi connectivity index (χ2v) is 6.48. The number of aromatic nitrogens is 1. The topological polar surface area (TPSA) is 85.4 Å². The highest BCUT2D eigenvalue weighted by atomic mass is 32.2. The van der Waals surface area contributed by atoms with E-state index < -0.39 is 28.5 Å².